The molecule has 42 heavy (non-hydrogen) atoms. The molecule has 6 rings (SSSR count). The summed E-state index contributed by atoms with van der Waals surface area (Å²) in [6, 6.07) is 18.4. The number of carbonyl (C=O) groups is 2. The molecule has 1 aromatic heterocycles. The summed E-state index contributed by atoms with van der Waals surface area (Å²) in [7, 11) is 0. The second-order valence-corrected chi connectivity index (χ2v) is 10.8. The van der Waals surface area contributed by atoms with E-state index < -0.39 is 18.0 Å². The molecule has 4 aromatic rings. The Morgan fingerprint density at radius 2 is 1.76 bits per heavy atom. The number of dihydropyridines is 1. The number of aliphatic imine (C=N–C) groups is 3. The third-order valence-corrected chi connectivity index (χ3v) is 6.69. The zero-order chi connectivity index (χ0) is 29.4. The van der Waals surface area contributed by atoms with Crippen molar-refractivity contribution < 1.29 is 19.4 Å². The fraction of sp³-hybridized carbons (Fsp3) is 0.161. The lowest BCUT2D eigenvalue weighted by Crippen LogP contribution is -2.30. The Morgan fingerprint density at radius 1 is 1.00 bits per heavy atom. The minimum Gasteiger partial charge on any atom is -0.508 e. The van der Waals surface area contributed by atoms with Gasteiger partial charge in [-0.2, -0.15) is 10.1 Å². The number of rotatable bonds is 5. The Hall–Kier alpha value is -5.58. The molecule has 0 fully saturated rings. The highest BCUT2D eigenvalue weighted by molar-refractivity contribution is 6.32. The first-order valence-electron chi connectivity index (χ1n) is 13.2. The van der Waals surface area contributed by atoms with Crippen molar-refractivity contribution in [3.8, 4) is 17.2 Å². The van der Waals surface area contributed by atoms with Crippen LogP contribution in [0.25, 0.3) is 16.5 Å². The first-order chi connectivity index (χ1) is 20.2. The number of hydrogen-bond acceptors (Lipinski definition) is 7. The van der Waals surface area contributed by atoms with Crippen molar-refractivity contribution in [3.63, 3.8) is 0 Å². The van der Waals surface area contributed by atoms with Gasteiger partial charge in [0.1, 0.15) is 23.1 Å². The normalized spacial score (nSPS) is 16.1. The Labute approximate surface area is 241 Å². The largest absolute Gasteiger partial charge is 0.508 e. The molecule has 0 saturated carbocycles. The Kier molecular flexibility index (Phi) is 6.62. The van der Waals surface area contributed by atoms with E-state index in [2.05, 4.69) is 25.6 Å². The minimum absolute atomic E-state index is 0.136. The molecule has 3 aromatic carbocycles. The van der Waals surface area contributed by atoms with Gasteiger partial charge in [-0.15, -0.1) is 0 Å². The van der Waals surface area contributed by atoms with E-state index in [0.717, 1.165) is 22.7 Å². The van der Waals surface area contributed by atoms with Crippen LogP contribution in [0.1, 0.15) is 26.5 Å². The summed E-state index contributed by atoms with van der Waals surface area (Å²) in [4.78, 5) is 37.2. The Morgan fingerprint density at radius 3 is 2.52 bits per heavy atom. The van der Waals surface area contributed by atoms with E-state index in [1.54, 1.807) is 47.2 Å². The molecule has 1 unspecified atom stereocenters. The number of amides is 3. The molecule has 210 valence electrons. The highest BCUT2D eigenvalue weighted by Gasteiger charge is 2.28. The highest BCUT2D eigenvalue weighted by atomic mass is 16.5. The first-order valence-corrected chi connectivity index (χ1v) is 13.2. The number of nitrogens with zero attached hydrogens (tertiary/aromatic N) is 5. The Bertz CT molecular complexity index is 1840. The molecule has 2 aliphatic heterocycles. The number of allylic oxidation sites excluding steroid dienone is 1. The molecule has 0 saturated heterocycles. The Balaban J connectivity index is 1.27. The molecular weight excluding hydrogens is 534 g/mol. The molecule has 11 heteroatoms. The van der Waals surface area contributed by atoms with E-state index in [0.29, 0.717) is 28.7 Å². The first kappa shape index (κ1) is 26.6. The van der Waals surface area contributed by atoms with Gasteiger partial charge in [0, 0.05) is 28.5 Å². The van der Waals surface area contributed by atoms with E-state index >= 15 is 0 Å². The van der Waals surface area contributed by atoms with Gasteiger partial charge in [-0.3, -0.25) is 15.1 Å². The number of urea groups is 1. The van der Waals surface area contributed by atoms with E-state index in [4.69, 9.17) is 9.84 Å². The number of phenolic OH excluding ortho intramolecular Hbond substituents is 1. The van der Waals surface area contributed by atoms with Gasteiger partial charge in [0.25, 0.3) is 5.91 Å². The van der Waals surface area contributed by atoms with Crippen LogP contribution in [0.3, 0.4) is 0 Å². The van der Waals surface area contributed by atoms with Gasteiger partial charge < -0.3 is 15.2 Å². The van der Waals surface area contributed by atoms with Crippen molar-refractivity contribution >= 4 is 52.5 Å². The fourth-order valence-electron chi connectivity index (χ4n) is 4.57. The molecular formula is C31H27N7O4. The van der Waals surface area contributed by atoms with Crippen LogP contribution >= 0.6 is 0 Å². The number of hydrogen-bond donors (Lipinski definition) is 3. The summed E-state index contributed by atoms with van der Waals surface area (Å²) < 4.78 is 7.88. The summed E-state index contributed by atoms with van der Waals surface area (Å²) in [6.07, 6.45) is 4.37. The zero-order valence-corrected chi connectivity index (χ0v) is 23.1. The van der Waals surface area contributed by atoms with Crippen molar-refractivity contribution in [1.29, 1.82) is 0 Å². The molecule has 3 N–H and O–H groups in total. The molecule has 1 atom stereocenters. The van der Waals surface area contributed by atoms with Crippen LogP contribution in [0.5, 0.6) is 11.5 Å². The monoisotopic (exact) mass is 561 g/mol. The smallest absolute Gasteiger partial charge is 0.324 e. The molecule has 0 bridgehead atoms. The topological polar surface area (TPSA) is 143 Å². The number of amidine groups is 1. The van der Waals surface area contributed by atoms with Crippen LogP contribution in [0, 0.1) is 0 Å². The van der Waals surface area contributed by atoms with Gasteiger partial charge in [0.05, 0.1) is 23.3 Å². The number of aromatic hydroxyl groups is 1. The van der Waals surface area contributed by atoms with E-state index in [-0.39, 0.29) is 17.0 Å². The van der Waals surface area contributed by atoms with Crippen LogP contribution in [0.4, 0.5) is 16.3 Å². The number of carbonyl (C=O) groups excluding carboxylic acids is 2. The van der Waals surface area contributed by atoms with Crippen molar-refractivity contribution in [2.45, 2.75) is 32.2 Å². The minimum atomic E-state index is -0.605. The number of anilines is 2. The van der Waals surface area contributed by atoms with Gasteiger partial charge in [0.2, 0.25) is 0 Å². The van der Waals surface area contributed by atoms with Crippen molar-refractivity contribution in [2.75, 3.05) is 10.6 Å². The maximum absolute atomic E-state index is 13.3. The molecule has 0 aliphatic carbocycles. The van der Waals surface area contributed by atoms with Crippen LogP contribution < -0.4 is 15.4 Å². The summed E-state index contributed by atoms with van der Waals surface area (Å²) in [5.74, 6) is 1.46. The van der Waals surface area contributed by atoms with Crippen LogP contribution in [0.2, 0.25) is 0 Å². The van der Waals surface area contributed by atoms with Crippen LogP contribution in [0.15, 0.2) is 93.5 Å². The molecule has 3 heterocycles. The molecule has 0 radical (unpaired) electrons. The van der Waals surface area contributed by atoms with E-state index in [9.17, 15) is 14.7 Å². The predicted molar refractivity (Wildman–Crippen MR) is 162 cm³/mol. The number of fused-ring (bicyclic) bond motifs is 2. The highest BCUT2D eigenvalue weighted by Crippen LogP contribution is 2.34. The van der Waals surface area contributed by atoms with Gasteiger partial charge in [-0.25, -0.2) is 14.5 Å². The predicted octanol–water partition coefficient (Wildman–Crippen LogP) is 5.40. The third kappa shape index (κ3) is 5.27. The number of benzene rings is 3. The summed E-state index contributed by atoms with van der Waals surface area (Å²) in [5, 5.41) is 21.8. The van der Waals surface area contributed by atoms with Gasteiger partial charge in [-0.05, 0) is 42.5 Å². The van der Waals surface area contributed by atoms with Gasteiger partial charge in [-0.1, -0.05) is 45.0 Å². The maximum Gasteiger partial charge on any atom is 0.324 e. The maximum atomic E-state index is 13.3. The SMILES string of the molecule is CC(C)(C)c1cc(NC(=O)Nc2ccc(OC3=CC=NC4=NC(=O)C=NC34)c3ccccc23)n(-c2ccc(O)cc2)n1. The molecule has 2 aliphatic rings. The van der Waals surface area contributed by atoms with Gasteiger partial charge in [0.15, 0.2) is 11.9 Å². The third-order valence-electron chi connectivity index (χ3n) is 6.69. The average Bonchev–Trinajstić information content (AvgIpc) is 3.39. The van der Waals surface area contributed by atoms with Crippen LogP contribution in [-0.4, -0.2) is 51.1 Å². The lowest BCUT2D eigenvalue weighted by molar-refractivity contribution is -0.111. The number of aromatic nitrogens is 2. The molecule has 0 spiro atoms. The number of phenols is 1. The van der Waals surface area contributed by atoms with E-state index in [1.165, 1.54) is 6.21 Å². The number of ether oxygens (including phenoxy) is 1. The average molecular weight is 562 g/mol. The van der Waals surface area contributed by atoms with Crippen molar-refractivity contribution in [3.05, 3.63) is 84.3 Å². The summed E-state index contributed by atoms with van der Waals surface area (Å²) >= 11 is 0. The van der Waals surface area contributed by atoms with Crippen LogP contribution in [-0.2, 0) is 10.2 Å². The summed E-state index contributed by atoms with van der Waals surface area (Å²) in [6.45, 7) is 6.13. The van der Waals surface area contributed by atoms with Gasteiger partial charge >= 0.3 is 6.03 Å². The fourth-order valence-corrected chi connectivity index (χ4v) is 4.57. The quantitative estimate of drug-likeness (QED) is 0.299. The number of nitrogens with one attached hydrogen (secondary N) is 2. The second-order valence-electron chi connectivity index (χ2n) is 10.8. The summed E-state index contributed by atoms with van der Waals surface area (Å²) in [5.41, 5.74) is 1.79. The van der Waals surface area contributed by atoms with E-state index in [1.807, 2.05) is 51.1 Å². The van der Waals surface area contributed by atoms with Crippen molar-refractivity contribution in [2.24, 2.45) is 15.0 Å². The second kappa shape index (κ2) is 10.4. The lowest BCUT2D eigenvalue weighted by Gasteiger charge is -2.21. The standard InChI is InChI=1S/C31H27N7O4/c1-31(2,3)25-16-26(38(37-25)18-8-10-19(39)11-9-18)35-30(41)34-22-12-13-23(21-7-5-4-6-20(21)22)42-24-14-15-32-29-28(24)33-17-27(40)36-29/h4-17,28,39H,1-3H3,(H2,34,35,41). The van der Waals surface area contributed by atoms with Crippen molar-refractivity contribution in [1.82, 2.24) is 9.78 Å². The molecule has 3 amide bonds. The molecule has 11 nitrogen and oxygen atoms in total. The lowest BCUT2D eigenvalue weighted by atomic mass is 9.92. The zero-order valence-electron chi connectivity index (χ0n) is 23.1.